The summed E-state index contributed by atoms with van der Waals surface area (Å²) in [5.41, 5.74) is 10.4. The van der Waals surface area contributed by atoms with E-state index in [4.69, 9.17) is 17.3 Å². The molecular weight excluding hydrogens is 268 g/mol. The molecule has 98 valence electrons. The minimum atomic E-state index is 0.720. The lowest BCUT2D eigenvalue weighted by Gasteiger charge is -2.10. The van der Waals surface area contributed by atoms with Gasteiger partial charge in [-0.25, -0.2) is 0 Å². The van der Waals surface area contributed by atoms with E-state index in [1.165, 1.54) is 0 Å². The second-order valence-electron chi connectivity index (χ2n) is 4.50. The van der Waals surface area contributed by atoms with Crippen LogP contribution in [-0.2, 0) is 0 Å². The molecule has 0 unspecified atom stereocenters. The normalized spacial score (nSPS) is 10.4. The fraction of sp³-hybridized carbons (Fsp3) is 0. The van der Waals surface area contributed by atoms with Crippen molar-refractivity contribution in [2.45, 2.75) is 0 Å². The Morgan fingerprint density at radius 3 is 2.25 bits per heavy atom. The molecule has 2 N–H and O–H groups in total. The number of hydrogen-bond acceptors (Lipinski definition) is 2. The van der Waals surface area contributed by atoms with Crippen molar-refractivity contribution in [3.8, 4) is 22.4 Å². The Bertz CT molecular complexity index is 736. The highest BCUT2D eigenvalue weighted by molar-refractivity contribution is 6.33. The lowest BCUT2D eigenvalue weighted by atomic mass is 9.99. The summed E-state index contributed by atoms with van der Waals surface area (Å²) >= 11 is 6.30. The Morgan fingerprint density at radius 1 is 0.800 bits per heavy atom. The highest BCUT2D eigenvalue weighted by Crippen LogP contribution is 2.34. The van der Waals surface area contributed by atoms with E-state index in [9.17, 15) is 0 Å². The molecule has 0 fully saturated rings. The van der Waals surface area contributed by atoms with E-state index in [0.717, 1.165) is 33.1 Å². The van der Waals surface area contributed by atoms with Gasteiger partial charge >= 0.3 is 0 Å². The molecule has 0 spiro atoms. The van der Waals surface area contributed by atoms with Gasteiger partial charge in [0.05, 0.1) is 5.69 Å². The topological polar surface area (TPSA) is 38.9 Å². The number of nitrogen functional groups attached to an aromatic ring is 1. The van der Waals surface area contributed by atoms with Crippen LogP contribution in [0.3, 0.4) is 0 Å². The van der Waals surface area contributed by atoms with E-state index < -0.39 is 0 Å². The van der Waals surface area contributed by atoms with Crippen LogP contribution < -0.4 is 5.73 Å². The molecule has 0 amide bonds. The molecule has 0 saturated heterocycles. The number of anilines is 1. The first-order chi connectivity index (χ1) is 9.75. The molecule has 1 aromatic heterocycles. The van der Waals surface area contributed by atoms with Crippen molar-refractivity contribution in [3.63, 3.8) is 0 Å². The molecule has 0 atom stereocenters. The van der Waals surface area contributed by atoms with Crippen LogP contribution in [0.1, 0.15) is 0 Å². The third kappa shape index (κ3) is 2.38. The van der Waals surface area contributed by atoms with E-state index in [0.29, 0.717) is 0 Å². The molecule has 0 saturated carbocycles. The number of hydrogen-bond donors (Lipinski definition) is 1. The zero-order chi connectivity index (χ0) is 13.9. The summed E-state index contributed by atoms with van der Waals surface area (Å²) in [5, 5.41) is 0.720. The average molecular weight is 281 g/mol. The summed E-state index contributed by atoms with van der Waals surface area (Å²) < 4.78 is 0. The van der Waals surface area contributed by atoms with Crippen LogP contribution in [0.4, 0.5) is 5.69 Å². The van der Waals surface area contributed by atoms with Gasteiger partial charge in [0.15, 0.2) is 0 Å². The fourth-order valence-electron chi connectivity index (χ4n) is 2.17. The molecule has 3 heteroatoms. The minimum absolute atomic E-state index is 0.720. The zero-order valence-electron chi connectivity index (χ0n) is 10.8. The predicted octanol–water partition coefficient (Wildman–Crippen LogP) is 4.65. The van der Waals surface area contributed by atoms with E-state index in [-0.39, 0.29) is 0 Å². The van der Waals surface area contributed by atoms with Crippen LogP contribution in [0.5, 0.6) is 0 Å². The number of pyridine rings is 1. The van der Waals surface area contributed by atoms with Gasteiger partial charge in [0.1, 0.15) is 0 Å². The van der Waals surface area contributed by atoms with Crippen molar-refractivity contribution >= 4 is 17.3 Å². The van der Waals surface area contributed by atoms with Crippen LogP contribution in [-0.4, -0.2) is 4.98 Å². The summed E-state index contributed by atoms with van der Waals surface area (Å²) in [7, 11) is 0. The van der Waals surface area contributed by atoms with Crippen molar-refractivity contribution in [2.24, 2.45) is 0 Å². The smallest absolute Gasteiger partial charge is 0.0780 e. The maximum atomic E-state index is 6.30. The molecule has 1 heterocycles. The fourth-order valence-corrected chi connectivity index (χ4v) is 2.41. The molecule has 0 aliphatic carbocycles. The van der Waals surface area contributed by atoms with Crippen molar-refractivity contribution < 1.29 is 0 Å². The zero-order valence-corrected chi connectivity index (χ0v) is 11.5. The van der Waals surface area contributed by atoms with E-state index >= 15 is 0 Å². The Hall–Kier alpha value is -2.32. The predicted molar refractivity (Wildman–Crippen MR) is 84.5 cm³/mol. The van der Waals surface area contributed by atoms with Crippen LogP contribution in [0.2, 0.25) is 5.02 Å². The van der Waals surface area contributed by atoms with E-state index in [1.807, 2.05) is 60.7 Å². The molecule has 0 radical (unpaired) electrons. The summed E-state index contributed by atoms with van der Waals surface area (Å²) in [6.45, 7) is 0. The third-order valence-electron chi connectivity index (χ3n) is 3.16. The second-order valence-corrected chi connectivity index (χ2v) is 4.91. The molecule has 2 nitrogen and oxygen atoms in total. The van der Waals surface area contributed by atoms with Gasteiger partial charge in [-0.3, -0.25) is 4.98 Å². The number of benzene rings is 2. The Balaban J connectivity index is 2.19. The van der Waals surface area contributed by atoms with Crippen LogP contribution in [0.25, 0.3) is 22.4 Å². The molecular formula is C17H13ClN2. The summed E-state index contributed by atoms with van der Waals surface area (Å²) in [6, 6.07) is 19.4. The van der Waals surface area contributed by atoms with Gasteiger partial charge in [-0.15, -0.1) is 0 Å². The molecule has 0 aliphatic rings. The maximum absolute atomic E-state index is 6.30. The highest BCUT2D eigenvalue weighted by Gasteiger charge is 2.10. The van der Waals surface area contributed by atoms with Gasteiger partial charge in [-0.2, -0.15) is 0 Å². The third-order valence-corrected chi connectivity index (χ3v) is 3.49. The monoisotopic (exact) mass is 280 g/mol. The Labute approximate surface area is 122 Å². The van der Waals surface area contributed by atoms with Gasteiger partial charge in [0.25, 0.3) is 0 Å². The number of halogens is 1. The van der Waals surface area contributed by atoms with Crippen molar-refractivity contribution in [1.82, 2.24) is 4.98 Å². The molecule has 0 aliphatic heterocycles. The molecule has 3 aromatic rings. The van der Waals surface area contributed by atoms with E-state index in [2.05, 4.69) is 4.98 Å². The van der Waals surface area contributed by atoms with Crippen LogP contribution in [0.15, 0.2) is 66.9 Å². The largest absolute Gasteiger partial charge is 0.399 e. The maximum Gasteiger partial charge on any atom is 0.0780 e. The summed E-state index contributed by atoms with van der Waals surface area (Å²) in [4.78, 5) is 4.50. The van der Waals surface area contributed by atoms with Gasteiger partial charge in [0.2, 0.25) is 0 Å². The number of nitrogens with zero attached hydrogens (tertiary/aromatic N) is 1. The minimum Gasteiger partial charge on any atom is -0.399 e. The molecule has 2 aromatic carbocycles. The Morgan fingerprint density at radius 2 is 1.50 bits per heavy atom. The highest BCUT2D eigenvalue weighted by atomic mass is 35.5. The average Bonchev–Trinajstić information content (AvgIpc) is 2.49. The summed E-state index contributed by atoms with van der Waals surface area (Å²) in [6.07, 6.45) is 1.78. The Kier molecular flexibility index (Phi) is 3.40. The van der Waals surface area contributed by atoms with Gasteiger partial charge in [0, 0.05) is 33.6 Å². The number of nitrogens with two attached hydrogens (primary N) is 1. The van der Waals surface area contributed by atoms with E-state index in [1.54, 1.807) is 6.20 Å². The van der Waals surface area contributed by atoms with Crippen molar-refractivity contribution in [1.29, 1.82) is 0 Å². The summed E-state index contributed by atoms with van der Waals surface area (Å²) in [5.74, 6) is 0. The quantitative estimate of drug-likeness (QED) is 0.694. The van der Waals surface area contributed by atoms with Crippen LogP contribution >= 0.6 is 11.6 Å². The first-order valence-corrected chi connectivity index (χ1v) is 6.69. The van der Waals surface area contributed by atoms with Gasteiger partial charge < -0.3 is 5.73 Å². The van der Waals surface area contributed by atoms with Gasteiger partial charge in [-0.05, 0) is 24.3 Å². The molecule has 20 heavy (non-hydrogen) atoms. The lowest BCUT2D eigenvalue weighted by Crippen LogP contribution is -1.90. The SMILES string of the molecule is Nc1ccc(-c2ncccc2-c2ccccc2Cl)cc1. The van der Waals surface area contributed by atoms with Crippen molar-refractivity contribution in [3.05, 3.63) is 71.9 Å². The number of aromatic nitrogens is 1. The van der Waals surface area contributed by atoms with Crippen molar-refractivity contribution in [2.75, 3.05) is 5.73 Å². The lowest BCUT2D eigenvalue weighted by molar-refractivity contribution is 1.33. The number of rotatable bonds is 2. The molecule has 3 rings (SSSR count). The molecule has 0 bridgehead atoms. The standard InChI is InChI=1S/C17H13ClN2/c18-16-6-2-1-4-14(16)15-5-3-11-20-17(15)12-7-9-13(19)10-8-12/h1-11H,19H2. The van der Waals surface area contributed by atoms with Crippen LogP contribution in [0, 0.1) is 0 Å². The first kappa shape index (κ1) is 12.7. The first-order valence-electron chi connectivity index (χ1n) is 6.31. The second kappa shape index (κ2) is 5.35. The van der Waals surface area contributed by atoms with Gasteiger partial charge in [-0.1, -0.05) is 48.0 Å².